The van der Waals surface area contributed by atoms with E-state index in [1.807, 2.05) is 31.2 Å². The van der Waals surface area contributed by atoms with Crippen molar-refractivity contribution < 1.29 is 17.6 Å². The zero-order valence-corrected chi connectivity index (χ0v) is 16.4. The Morgan fingerprint density at radius 1 is 1.21 bits per heavy atom. The largest absolute Gasteiger partial charge is 0.419 e. The van der Waals surface area contributed by atoms with Crippen LogP contribution in [0, 0.1) is 0 Å². The Hall–Kier alpha value is -2.87. The van der Waals surface area contributed by atoms with Crippen molar-refractivity contribution in [3.8, 4) is 0 Å². The molecule has 7 nitrogen and oxygen atoms in total. The third kappa shape index (κ3) is 3.03. The molecule has 1 unspecified atom stereocenters. The van der Waals surface area contributed by atoms with Gasteiger partial charge in [-0.15, -0.1) is 0 Å². The zero-order valence-electron chi connectivity index (χ0n) is 15.6. The van der Waals surface area contributed by atoms with E-state index in [1.165, 1.54) is 22.8 Å². The van der Waals surface area contributed by atoms with Crippen LogP contribution in [-0.2, 0) is 28.1 Å². The number of hydrogen-bond acceptors (Lipinski definition) is 5. The normalized spacial score (nSPS) is 16.5. The molecule has 0 fully saturated rings. The van der Waals surface area contributed by atoms with Crippen molar-refractivity contribution in [3.05, 3.63) is 58.6 Å². The minimum atomic E-state index is -3.69. The highest BCUT2D eigenvalue weighted by Gasteiger charge is 2.31. The highest BCUT2D eigenvalue weighted by atomic mass is 32.2. The third-order valence-electron chi connectivity index (χ3n) is 5.18. The summed E-state index contributed by atoms with van der Waals surface area (Å²) in [5.74, 6) is -1.07. The van der Waals surface area contributed by atoms with E-state index in [0.717, 1.165) is 17.7 Å². The van der Waals surface area contributed by atoms with Crippen LogP contribution in [0.1, 0.15) is 18.9 Å². The number of oxazole rings is 1. The first kappa shape index (κ1) is 18.5. The van der Waals surface area contributed by atoms with Gasteiger partial charge in [0.15, 0.2) is 15.4 Å². The van der Waals surface area contributed by atoms with E-state index in [0.29, 0.717) is 5.52 Å². The number of aromatic nitrogens is 1. The molecule has 1 aromatic heterocycles. The summed E-state index contributed by atoms with van der Waals surface area (Å²) < 4.78 is 31.8. The van der Waals surface area contributed by atoms with Crippen molar-refractivity contribution in [2.45, 2.75) is 30.7 Å². The minimum Gasteiger partial charge on any atom is -0.408 e. The van der Waals surface area contributed by atoms with Crippen LogP contribution >= 0.6 is 0 Å². The fourth-order valence-electron chi connectivity index (χ4n) is 3.71. The molecule has 1 amide bonds. The summed E-state index contributed by atoms with van der Waals surface area (Å²) in [6, 6.07) is 12.0. The molecule has 1 aliphatic rings. The number of amides is 1. The van der Waals surface area contributed by atoms with Crippen LogP contribution in [-0.4, -0.2) is 30.7 Å². The first-order chi connectivity index (χ1) is 13.3. The minimum absolute atomic E-state index is 0.00236. The van der Waals surface area contributed by atoms with Crippen LogP contribution in [0.3, 0.4) is 0 Å². The van der Waals surface area contributed by atoms with Crippen molar-refractivity contribution in [1.29, 1.82) is 0 Å². The fraction of sp³-hybridized carbons (Fsp3) is 0.300. The predicted octanol–water partition coefficient (Wildman–Crippen LogP) is 2.27. The van der Waals surface area contributed by atoms with Gasteiger partial charge in [0.2, 0.25) is 5.91 Å². The Morgan fingerprint density at radius 2 is 1.96 bits per heavy atom. The van der Waals surface area contributed by atoms with Gasteiger partial charge in [0, 0.05) is 31.3 Å². The molecule has 0 saturated carbocycles. The molecular formula is C20H20N2O5S. The van der Waals surface area contributed by atoms with Gasteiger partial charge in [0.1, 0.15) is 0 Å². The van der Waals surface area contributed by atoms with Crippen molar-refractivity contribution in [2.75, 3.05) is 10.7 Å². The molecule has 4 rings (SSSR count). The molecule has 3 aromatic rings. The number of nitrogens with zero attached hydrogens (tertiary/aromatic N) is 2. The summed E-state index contributed by atoms with van der Waals surface area (Å²) in [6.45, 7) is 1.96. The molecule has 1 atom stereocenters. The molecule has 2 aromatic carbocycles. The number of carbonyl (C=O) groups excluding carboxylic acids is 1. The van der Waals surface area contributed by atoms with Gasteiger partial charge in [-0.1, -0.05) is 18.2 Å². The van der Waals surface area contributed by atoms with Crippen LogP contribution in [0.4, 0.5) is 5.69 Å². The molecule has 0 spiro atoms. The summed E-state index contributed by atoms with van der Waals surface area (Å²) in [5.41, 5.74) is 2.67. The van der Waals surface area contributed by atoms with E-state index in [1.54, 1.807) is 11.9 Å². The monoisotopic (exact) mass is 400 g/mol. The van der Waals surface area contributed by atoms with E-state index in [-0.39, 0.29) is 34.6 Å². The van der Waals surface area contributed by atoms with Crippen molar-refractivity contribution >= 4 is 32.5 Å². The van der Waals surface area contributed by atoms with Crippen molar-refractivity contribution in [1.82, 2.24) is 4.57 Å². The number of para-hydroxylation sites is 1. The summed E-state index contributed by atoms with van der Waals surface area (Å²) in [7, 11) is -2.14. The van der Waals surface area contributed by atoms with E-state index in [4.69, 9.17) is 4.42 Å². The van der Waals surface area contributed by atoms with Gasteiger partial charge in [-0.3, -0.25) is 9.36 Å². The zero-order chi connectivity index (χ0) is 20.1. The number of aryl methyl sites for hydroxylation is 1. The van der Waals surface area contributed by atoms with E-state index >= 15 is 0 Å². The average Bonchev–Trinajstić information content (AvgIpc) is 3.15. The number of benzene rings is 2. The Balaban J connectivity index is 1.54. The third-order valence-corrected chi connectivity index (χ3v) is 6.90. The molecule has 0 saturated heterocycles. The lowest BCUT2D eigenvalue weighted by Gasteiger charge is -2.22. The standard InChI is InChI=1S/C20H20N2O5S/c1-13-11-14-5-3-4-6-16(14)22(13)19(23)9-10-28(25,26)15-7-8-17-18(12-15)27-20(24)21(17)2/h3-8,12-13H,9-11H2,1-2H3. The Morgan fingerprint density at radius 3 is 2.75 bits per heavy atom. The molecular weight excluding hydrogens is 380 g/mol. The molecule has 0 radical (unpaired) electrons. The first-order valence-electron chi connectivity index (χ1n) is 9.00. The molecule has 8 heteroatoms. The average molecular weight is 400 g/mol. The van der Waals surface area contributed by atoms with Crippen LogP contribution in [0.15, 0.2) is 56.6 Å². The molecule has 1 aliphatic heterocycles. The van der Waals surface area contributed by atoms with Gasteiger partial charge in [0.05, 0.1) is 16.2 Å². The van der Waals surface area contributed by atoms with Crippen molar-refractivity contribution in [3.63, 3.8) is 0 Å². The van der Waals surface area contributed by atoms with Crippen LogP contribution < -0.4 is 10.7 Å². The molecule has 0 bridgehead atoms. The second-order valence-corrected chi connectivity index (χ2v) is 9.18. The van der Waals surface area contributed by atoms with Gasteiger partial charge in [-0.25, -0.2) is 13.2 Å². The van der Waals surface area contributed by atoms with E-state index in [9.17, 15) is 18.0 Å². The lowest BCUT2D eigenvalue weighted by atomic mass is 10.1. The smallest absolute Gasteiger partial charge is 0.408 e. The summed E-state index contributed by atoms with van der Waals surface area (Å²) in [5, 5.41) is 0. The maximum absolute atomic E-state index is 12.8. The van der Waals surface area contributed by atoms with Crippen LogP contribution in [0.5, 0.6) is 0 Å². The highest BCUT2D eigenvalue weighted by Crippen LogP contribution is 2.32. The molecule has 0 N–H and O–H groups in total. The number of carbonyl (C=O) groups is 1. The van der Waals surface area contributed by atoms with Gasteiger partial charge < -0.3 is 9.32 Å². The van der Waals surface area contributed by atoms with Gasteiger partial charge in [-0.05, 0) is 37.1 Å². The van der Waals surface area contributed by atoms with Gasteiger partial charge in [-0.2, -0.15) is 0 Å². The summed E-state index contributed by atoms with van der Waals surface area (Å²) in [6.07, 6.45) is 0.649. The number of sulfone groups is 1. The first-order valence-corrected chi connectivity index (χ1v) is 10.7. The Labute approximate surface area is 162 Å². The van der Waals surface area contributed by atoms with Gasteiger partial charge in [0.25, 0.3) is 0 Å². The van der Waals surface area contributed by atoms with E-state index in [2.05, 4.69) is 0 Å². The quantitative estimate of drug-likeness (QED) is 0.670. The maximum atomic E-state index is 12.8. The summed E-state index contributed by atoms with van der Waals surface area (Å²) >= 11 is 0. The number of fused-ring (bicyclic) bond motifs is 2. The molecule has 2 heterocycles. The predicted molar refractivity (Wildman–Crippen MR) is 105 cm³/mol. The van der Waals surface area contributed by atoms with Crippen LogP contribution in [0.25, 0.3) is 11.1 Å². The SMILES string of the molecule is CC1Cc2ccccc2N1C(=O)CCS(=O)(=O)c1ccc2c(c1)oc(=O)n2C. The second-order valence-electron chi connectivity index (χ2n) is 7.07. The fourth-order valence-corrected chi connectivity index (χ4v) is 4.95. The molecule has 28 heavy (non-hydrogen) atoms. The van der Waals surface area contributed by atoms with Gasteiger partial charge >= 0.3 is 5.76 Å². The maximum Gasteiger partial charge on any atom is 0.419 e. The second kappa shape index (κ2) is 6.63. The number of rotatable bonds is 4. The Bertz CT molecular complexity index is 1240. The lowest BCUT2D eigenvalue weighted by molar-refractivity contribution is -0.118. The van der Waals surface area contributed by atoms with Crippen LogP contribution in [0.2, 0.25) is 0 Å². The van der Waals surface area contributed by atoms with E-state index < -0.39 is 15.6 Å². The lowest BCUT2D eigenvalue weighted by Crippen LogP contribution is -2.36. The molecule has 146 valence electrons. The highest BCUT2D eigenvalue weighted by molar-refractivity contribution is 7.91. The van der Waals surface area contributed by atoms with Crippen molar-refractivity contribution in [2.24, 2.45) is 7.05 Å². The number of hydrogen-bond donors (Lipinski definition) is 0. The Kier molecular flexibility index (Phi) is 4.38. The number of anilines is 1. The topological polar surface area (TPSA) is 89.6 Å². The summed E-state index contributed by atoms with van der Waals surface area (Å²) in [4.78, 5) is 26.1. The molecule has 0 aliphatic carbocycles.